The third kappa shape index (κ3) is 3.78. The topological polar surface area (TPSA) is 50.2 Å². The Labute approximate surface area is 85.2 Å². The predicted molar refractivity (Wildman–Crippen MR) is 54.4 cm³/mol. The molecule has 1 unspecified atom stereocenters. The summed E-state index contributed by atoms with van der Waals surface area (Å²) in [5.74, 6) is -0.756. The van der Waals surface area contributed by atoms with Crippen molar-refractivity contribution in [1.82, 2.24) is 4.98 Å². The Bertz CT molecular complexity index is 298. The molecule has 1 N–H and O–H groups in total. The first kappa shape index (κ1) is 10.5. The molecule has 1 heterocycles. The van der Waals surface area contributed by atoms with Gasteiger partial charge < -0.3 is 5.11 Å². The van der Waals surface area contributed by atoms with Crippen LogP contribution in [-0.4, -0.2) is 21.3 Å². The average Bonchev–Trinajstić information content (AvgIpc) is 2.33. The van der Waals surface area contributed by atoms with Crippen LogP contribution in [0.5, 0.6) is 0 Å². The molecule has 1 atom stereocenters. The Morgan fingerprint density at radius 3 is 3.00 bits per heavy atom. The second-order valence-electron chi connectivity index (χ2n) is 2.78. The molecule has 3 nitrogen and oxygen atoms in total. The molecule has 0 bridgehead atoms. The zero-order valence-electron chi connectivity index (χ0n) is 7.48. The molecule has 5 heteroatoms. The van der Waals surface area contributed by atoms with Crippen LogP contribution in [0.1, 0.15) is 19.0 Å². The van der Waals surface area contributed by atoms with Gasteiger partial charge in [-0.05, 0) is 6.92 Å². The molecule has 0 radical (unpaired) electrons. The molecule has 0 amide bonds. The highest BCUT2D eigenvalue weighted by atomic mass is 32.2. The smallest absolute Gasteiger partial charge is 0.304 e. The van der Waals surface area contributed by atoms with Crippen LogP contribution < -0.4 is 0 Å². The monoisotopic (exact) mass is 217 g/mol. The summed E-state index contributed by atoms with van der Waals surface area (Å²) in [6.45, 7) is 3.83. The molecular formula is C8H11NO2S2. The van der Waals surface area contributed by atoms with Crippen molar-refractivity contribution in [2.45, 2.75) is 29.9 Å². The van der Waals surface area contributed by atoms with Gasteiger partial charge in [0.2, 0.25) is 0 Å². The second kappa shape index (κ2) is 4.62. The van der Waals surface area contributed by atoms with Gasteiger partial charge in [-0.25, -0.2) is 4.98 Å². The van der Waals surface area contributed by atoms with Gasteiger partial charge in [-0.1, -0.05) is 18.7 Å². The van der Waals surface area contributed by atoms with E-state index >= 15 is 0 Å². The highest BCUT2D eigenvalue weighted by Crippen LogP contribution is 2.27. The second-order valence-corrected chi connectivity index (χ2v) is 5.32. The van der Waals surface area contributed by atoms with Gasteiger partial charge >= 0.3 is 5.97 Å². The van der Waals surface area contributed by atoms with Gasteiger partial charge in [0.05, 0.1) is 6.42 Å². The van der Waals surface area contributed by atoms with Crippen LogP contribution in [0.2, 0.25) is 0 Å². The van der Waals surface area contributed by atoms with Crippen molar-refractivity contribution in [2.75, 3.05) is 0 Å². The molecule has 0 aromatic carbocycles. The number of rotatable bonds is 4. The Hall–Kier alpha value is -0.550. The first-order chi connectivity index (χ1) is 6.08. The maximum absolute atomic E-state index is 10.4. The summed E-state index contributed by atoms with van der Waals surface area (Å²) in [6.07, 6.45) is 0.184. The number of aromatic nitrogens is 1. The van der Waals surface area contributed by atoms with Crippen molar-refractivity contribution >= 4 is 29.1 Å². The molecule has 0 saturated carbocycles. The first-order valence-electron chi connectivity index (χ1n) is 3.88. The van der Waals surface area contributed by atoms with Crippen molar-refractivity contribution in [1.29, 1.82) is 0 Å². The van der Waals surface area contributed by atoms with Crippen LogP contribution in [0, 0.1) is 6.92 Å². The highest BCUT2D eigenvalue weighted by molar-refractivity contribution is 8.01. The standard InChI is InChI=1S/C8H11NO2S2/c1-5-4-12-8(9-5)13-6(2)3-7(10)11/h4,6H,3H2,1-2H3,(H,10,11). The van der Waals surface area contributed by atoms with Crippen LogP contribution in [0.25, 0.3) is 0 Å². The highest BCUT2D eigenvalue weighted by Gasteiger charge is 2.10. The summed E-state index contributed by atoms with van der Waals surface area (Å²) in [4.78, 5) is 14.6. The van der Waals surface area contributed by atoms with Crippen molar-refractivity contribution in [3.05, 3.63) is 11.1 Å². The van der Waals surface area contributed by atoms with Crippen molar-refractivity contribution in [3.8, 4) is 0 Å². The minimum absolute atomic E-state index is 0.0862. The third-order valence-corrected chi connectivity index (χ3v) is 3.55. The van der Waals surface area contributed by atoms with Crippen LogP contribution in [-0.2, 0) is 4.79 Å². The van der Waals surface area contributed by atoms with E-state index in [4.69, 9.17) is 5.11 Å². The number of carboxylic acids is 1. The fourth-order valence-corrected chi connectivity index (χ4v) is 2.99. The van der Waals surface area contributed by atoms with Crippen LogP contribution in [0.4, 0.5) is 0 Å². The molecule has 0 aliphatic carbocycles. The number of hydrogen-bond acceptors (Lipinski definition) is 4. The van der Waals surface area contributed by atoms with Gasteiger partial charge in [0.25, 0.3) is 0 Å². The predicted octanol–water partition coefficient (Wildman–Crippen LogP) is 2.41. The summed E-state index contributed by atoms with van der Waals surface area (Å²) < 4.78 is 0.950. The van der Waals surface area contributed by atoms with Crippen LogP contribution in [0.3, 0.4) is 0 Å². The number of carboxylic acid groups (broad SMARTS) is 1. The lowest BCUT2D eigenvalue weighted by atomic mass is 10.3. The summed E-state index contributed by atoms with van der Waals surface area (Å²) in [5, 5.41) is 10.6. The van der Waals surface area contributed by atoms with Gasteiger partial charge in [0, 0.05) is 16.3 Å². The SMILES string of the molecule is Cc1csc(SC(C)CC(=O)O)n1. The minimum atomic E-state index is -0.756. The van der Waals surface area contributed by atoms with Crippen molar-refractivity contribution in [2.24, 2.45) is 0 Å². The molecule has 0 aliphatic heterocycles. The zero-order valence-corrected chi connectivity index (χ0v) is 9.11. The summed E-state index contributed by atoms with van der Waals surface area (Å²) >= 11 is 3.08. The number of hydrogen-bond donors (Lipinski definition) is 1. The quantitative estimate of drug-likeness (QED) is 0.787. The maximum Gasteiger partial charge on any atom is 0.304 e. The van der Waals surface area contributed by atoms with E-state index in [2.05, 4.69) is 4.98 Å². The fraction of sp³-hybridized carbons (Fsp3) is 0.500. The summed E-state index contributed by atoms with van der Waals surface area (Å²) in [7, 11) is 0. The number of aryl methyl sites for hydroxylation is 1. The average molecular weight is 217 g/mol. The lowest BCUT2D eigenvalue weighted by Crippen LogP contribution is -2.05. The zero-order chi connectivity index (χ0) is 9.84. The fourth-order valence-electron chi connectivity index (χ4n) is 0.846. The van der Waals surface area contributed by atoms with Gasteiger partial charge in [-0.15, -0.1) is 11.3 Å². The van der Waals surface area contributed by atoms with E-state index in [1.54, 1.807) is 11.3 Å². The molecule has 1 aromatic heterocycles. The number of thiazole rings is 1. The molecule has 1 aromatic rings. The van der Waals surface area contributed by atoms with E-state index in [1.165, 1.54) is 11.8 Å². The lowest BCUT2D eigenvalue weighted by Gasteiger charge is -2.04. The van der Waals surface area contributed by atoms with Gasteiger partial charge in [0.1, 0.15) is 4.34 Å². The number of nitrogens with zero attached hydrogens (tertiary/aromatic N) is 1. The van der Waals surface area contributed by atoms with E-state index in [0.29, 0.717) is 0 Å². The first-order valence-corrected chi connectivity index (χ1v) is 5.64. The number of thioether (sulfide) groups is 1. The third-order valence-electron chi connectivity index (χ3n) is 1.36. The van der Waals surface area contributed by atoms with Crippen LogP contribution in [0.15, 0.2) is 9.72 Å². The van der Waals surface area contributed by atoms with E-state index in [1.807, 2.05) is 19.2 Å². The Morgan fingerprint density at radius 2 is 2.54 bits per heavy atom. The van der Waals surface area contributed by atoms with E-state index in [9.17, 15) is 4.79 Å². The van der Waals surface area contributed by atoms with E-state index < -0.39 is 5.97 Å². The van der Waals surface area contributed by atoms with Gasteiger partial charge in [0.15, 0.2) is 0 Å². The molecular weight excluding hydrogens is 206 g/mol. The van der Waals surface area contributed by atoms with Crippen molar-refractivity contribution < 1.29 is 9.90 Å². The molecule has 72 valence electrons. The molecule has 0 aliphatic rings. The van der Waals surface area contributed by atoms with E-state index in [0.717, 1.165) is 10.0 Å². The number of carbonyl (C=O) groups is 1. The summed E-state index contributed by atoms with van der Waals surface area (Å²) in [5.41, 5.74) is 0.995. The maximum atomic E-state index is 10.4. The number of aliphatic carboxylic acids is 1. The largest absolute Gasteiger partial charge is 0.481 e. The normalized spacial score (nSPS) is 12.8. The minimum Gasteiger partial charge on any atom is -0.481 e. The molecule has 0 saturated heterocycles. The molecule has 0 spiro atoms. The van der Waals surface area contributed by atoms with Crippen LogP contribution >= 0.6 is 23.1 Å². The van der Waals surface area contributed by atoms with Crippen molar-refractivity contribution in [3.63, 3.8) is 0 Å². The summed E-state index contributed by atoms with van der Waals surface area (Å²) in [6, 6.07) is 0. The molecule has 1 rings (SSSR count). The molecule has 0 fully saturated rings. The Morgan fingerprint density at radius 1 is 1.85 bits per heavy atom. The Kier molecular flexibility index (Phi) is 3.74. The van der Waals surface area contributed by atoms with Gasteiger partial charge in [-0.2, -0.15) is 0 Å². The Balaban J connectivity index is 2.44. The lowest BCUT2D eigenvalue weighted by molar-refractivity contribution is -0.136. The van der Waals surface area contributed by atoms with Gasteiger partial charge in [-0.3, -0.25) is 4.79 Å². The molecule has 13 heavy (non-hydrogen) atoms. The van der Waals surface area contributed by atoms with E-state index in [-0.39, 0.29) is 11.7 Å².